The van der Waals surface area contributed by atoms with Gasteiger partial charge in [-0.3, -0.25) is 4.79 Å². The topological polar surface area (TPSA) is 46.3 Å². The quantitative estimate of drug-likeness (QED) is 0.868. The summed E-state index contributed by atoms with van der Waals surface area (Å²) >= 11 is 1.69. The van der Waals surface area contributed by atoms with Crippen molar-refractivity contribution in [3.8, 4) is 0 Å². The average Bonchev–Trinajstić information content (AvgIpc) is 3.26. The minimum absolute atomic E-state index is 0.196. The molecule has 3 nitrogen and oxygen atoms in total. The van der Waals surface area contributed by atoms with Gasteiger partial charge in [-0.15, -0.1) is 0 Å². The summed E-state index contributed by atoms with van der Waals surface area (Å²) in [6.07, 6.45) is 4.29. The first-order chi connectivity index (χ1) is 8.25. The first-order valence-corrected chi connectivity index (χ1v) is 7.22. The lowest BCUT2D eigenvalue weighted by molar-refractivity contribution is -0.137. The van der Waals surface area contributed by atoms with Crippen molar-refractivity contribution >= 4 is 17.2 Å². The van der Waals surface area contributed by atoms with Crippen LogP contribution in [-0.4, -0.2) is 23.4 Å². The Labute approximate surface area is 106 Å². The molecule has 92 valence electrons. The third-order valence-electron chi connectivity index (χ3n) is 3.88. The van der Waals surface area contributed by atoms with Crippen molar-refractivity contribution < 1.29 is 4.79 Å². The normalized spacial score (nSPS) is 21.2. The maximum Gasteiger partial charge on any atom is 0.230 e. The van der Waals surface area contributed by atoms with Crippen LogP contribution in [-0.2, 0) is 11.3 Å². The summed E-state index contributed by atoms with van der Waals surface area (Å²) in [5.41, 5.74) is 6.81. The Morgan fingerprint density at radius 3 is 2.76 bits per heavy atom. The van der Waals surface area contributed by atoms with Gasteiger partial charge in [-0.25, -0.2) is 0 Å². The van der Waals surface area contributed by atoms with Gasteiger partial charge in [0, 0.05) is 19.1 Å². The number of amides is 1. The van der Waals surface area contributed by atoms with Gasteiger partial charge < -0.3 is 10.6 Å². The van der Waals surface area contributed by atoms with Gasteiger partial charge in [-0.05, 0) is 48.1 Å². The number of thiophene rings is 1. The monoisotopic (exact) mass is 250 g/mol. The van der Waals surface area contributed by atoms with E-state index >= 15 is 0 Å². The van der Waals surface area contributed by atoms with E-state index in [0.29, 0.717) is 18.5 Å². The first kappa shape index (κ1) is 11.2. The van der Waals surface area contributed by atoms with E-state index in [-0.39, 0.29) is 5.41 Å². The van der Waals surface area contributed by atoms with Crippen LogP contribution in [0.4, 0.5) is 0 Å². The Morgan fingerprint density at radius 1 is 1.53 bits per heavy atom. The molecule has 3 rings (SSSR count). The third-order valence-corrected chi connectivity index (χ3v) is 4.61. The molecule has 0 saturated heterocycles. The number of rotatable bonds is 5. The zero-order chi connectivity index (χ0) is 11.9. The molecule has 0 aliphatic heterocycles. The van der Waals surface area contributed by atoms with Crippen molar-refractivity contribution in [3.63, 3.8) is 0 Å². The van der Waals surface area contributed by atoms with Crippen LogP contribution in [0.2, 0.25) is 0 Å². The summed E-state index contributed by atoms with van der Waals surface area (Å²) in [7, 11) is 0. The highest BCUT2D eigenvalue weighted by Gasteiger charge is 2.52. The molecule has 1 aromatic heterocycles. The van der Waals surface area contributed by atoms with Crippen LogP contribution in [0, 0.1) is 5.41 Å². The minimum atomic E-state index is -0.196. The van der Waals surface area contributed by atoms with Crippen LogP contribution in [0.1, 0.15) is 31.2 Å². The van der Waals surface area contributed by atoms with E-state index in [4.69, 9.17) is 5.73 Å². The third kappa shape index (κ3) is 2.11. The standard InChI is InChI=1S/C13H18N2OS/c14-9-13(4-5-13)12(16)15(11-1-2-11)7-10-3-6-17-8-10/h3,6,8,11H,1-2,4-5,7,9,14H2. The molecule has 4 heteroatoms. The summed E-state index contributed by atoms with van der Waals surface area (Å²) in [4.78, 5) is 14.6. The molecule has 1 aromatic rings. The van der Waals surface area contributed by atoms with Crippen molar-refractivity contribution in [2.45, 2.75) is 38.3 Å². The number of hydrogen-bond donors (Lipinski definition) is 1. The summed E-state index contributed by atoms with van der Waals surface area (Å²) in [5, 5.41) is 4.20. The number of nitrogens with two attached hydrogens (primary N) is 1. The van der Waals surface area contributed by atoms with Gasteiger partial charge in [0.15, 0.2) is 0 Å². The lowest BCUT2D eigenvalue weighted by Gasteiger charge is -2.26. The summed E-state index contributed by atoms with van der Waals surface area (Å²) in [6, 6.07) is 2.58. The Balaban J connectivity index is 1.74. The van der Waals surface area contributed by atoms with Gasteiger partial charge in [0.1, 0.15) is 0 Å². The van der Waals surface area contributed by atoms with Crippen molar-refractivity contribution in [1.82, 2.24) is 4.90 Å². The molecule has 1 amide bonds. The zero-order valence-corrected chi connectivity index (χ0v) is 10.7. The predicted molar refractivity (Wildman–Crippen MR) is 68.6 cm³/mol. The first-order valence-electron chi connectivity index (χ1n) is 6.27. The molecule has 0 bridgehead atoms. The molecule has 0 atom stereocenters. The van der Waals surface area contributed by atoms with Crippen molar-refractivity contribution in [2.24, 2.45) is 11.1 Å². The van der Waals surface area contributed by atoms with Gasteiger partial charge in [-0.1, -0.05) is 0 Å². The van der Waals surface area contributed by atoms with Gasteiger partial charge in [0.2, 0.25) is 5.91 Å². The highest BCUT2D eigenvalue weighted by molar-refractivity contribution is 7.07. The van der Waals surface area contributed by atoms with Crippen molar-refractivity contribution in [2.75, 3.05) is 6.54 Å². The lowest BCUT2D eigenvalue weighted by atomic mass is 10.1. The number of hydrogen-bond acceptors (Lipinski definition) is 3. The van der Waals surface area contributed by atoms with Crippen molar-refractivity contribution in [3.05, 3.63) is 22.4 Å². The molecule has 0 unspecified atom stereocenters. The Hall–Kier alpha value is -0.870. The Morgan fingerprint density at radius 2 is 2.29 bits per heavy atom. The van der Waals surface area contributed by atoms with Crippen LogP contribution < -0.4 is 5.73 Å². The molecule has 17 heavy (non-hydrogen) atoms. The fourth-order valence-corrected chi connectivity index (χ4v) is 2.95. The van der Waals surface area contributed by atoms with E-state index in [9.17, 15) is 4.79 Å². The largest absolute Gasteiger partial charge is 0.335 e. The Kier molecular flexibility index (Phi) is 2.71. The second-order valence-electron chi connectivity index (χ2n) is 5.28. The zero-order valence-electron chi connectivity index (χ0n) is 9.89. The van der Waals surface area contributed by atoms with Gasteiger partial charge >= 0.3 is 0 Å². The van der Waals surface area contributed by atoms with E-state index in [1.54, 1.807) is 11.3 Å². The predicted octanol–water partition coefficient (Wildman–Crippen LogP) is 1.98. The number of nitrogens with zero attached hydrogens (tertiary/aromatic N) is 1. The van der Waals surface area contributed by atoms with Crippen LogP contribution >= 0.6 is 11.3 Å². The van der Waals surface area contributed by atoms with Crippen LogP contribution in [0.5, 0.6) is 0 Å². The molecule has 0 aromatic carbocycles. The van der Waals surface area contributed by atoms with Crippen LogP contribution in [0.15, 0.2) is 16.8 Å². The second kappa shape index (κ2) is 4.10. The molecule has 2 fully saturated rings. The summed E-state index contributed by atoms with van der Waals surface area (Å²) in [5.74, 6) is 0.300. The Bertz CT molecular complexity index is 407. The highest BCUT2D eigenvalue weighted by Crippen LogP contribution is 2.48. The molecule has 1 heterocycles. The molecule has 0 spiro atoms. The minimum Gasteiger partial charge on any atom is -0.335 e. The van der Waals surface area contributed by atoms with Crippen LogP contribution in [0.3, 0.4) is 0 Å². The van der Waals surface area contributed by atoms with E-state index < -0.39 is 0 Å². The SMILES string of the molecule is NCC1(C(=O)N(Cc2ccsc2)C2CC2)CC1. The molecule has 2 N–H and O–H groups in total. The molecular formula is C13H18N2OS. The van der Waals surface area contributed by atoms with E-state index in [0.717, 1.165) is 32.2 Å². The van der Waals surface area contributed by atoms with E-state index in [2.05, 4.69) is 21.7 Å². The lowest BCUT2D eigenvalue weighted by Crippen LogP contribution is -2.41. The number of carbonyl (C=O) groups excluding carboxylic acids is 1. The van der Waals surface area contributed by atoms with Gasteiger partial charge in [0.25, 0.3) is 0 Å². The molecule has 2 aliphatic carbocycles. The maximum absolute atomic E-state index is 12.5. The van der Waals surface area contributed by atoms with Crippen LogP contribution in [0.25, 0.3) is 0 Å². The summed E-state index contributed by atoms with van der Waals surface area (Å²) in [6.45, 7) is 1.29. The van der Waals surface area contributed by atoms with Crippen molar-refractivity contribution in [1.29, 1.82) is 0 Å². The maximum atomic E-state index is 12.5. The smallest absolute Gasteiger partial charge is 0.230 e. The molecular weight excluding hydrogens is 232 g/mol. The van der Waals surface area contributed by atoms with Gasteiger partial charge in [-0.2, -0.15) is 11.3 Å². The summed E-state index contributed by atoms with van der Waals surface area (Å²) < 4.78 is 0. The fraction of sp³-hybridized carbons (Fsp3) is 0.615. The highest BCUT2D eigenvalue weighted by atomic mass is 32.1. The number of carbonyl (C=O) groups is 1. The average molecular weight is 250 g/mol. The fourth-order valence-electron chi connectivity index (χ4n) is 2.29. The molecule has 2 saturated carbocycles. The van der Waals surface area contributed by atoms with Gasteiger partial charge in [0.05, 0.1) is 5.41 Å². The van der Waals surface area contributed by atoms with E-state index in [1.165, 1.54) is 5.56 Å². The second-order valence-corrected chi connectivity index (χ2v) is 6.06. The molecule has 0 radical (unpaired) electrons. The van der Waals surface area contributed by atoms with E-state index in [1.807, 2.05) is 0 Å². The molecule has 2 aliphatic rings.